The Labute approximate surface area is 377 Å². The van der Waals surface area contributed by atoms with Crippen LogP contribution in [-0.2, 0) is 0 Å². The monoisotopic (exact) mass is 900 g/mol. The average Bonchev–Trinajstić information content (AvgIpc) is 3.30. The van der Waals surface area contributed by atoms with Crippen LogP contribution in [0.3, 0.4) is 0 Å². The molecule has 334 valence electrons. The number of hydrogen-bond acceptors (Lipinski definition) is 1. The van der Waals surface area contributed by atoms with Crippen LogP contribution in [-0.4, -0.2) is 26.6 Å². The summed E-state index contributed by atoms with van der Waals surface area (Å²) in [6.07, 6.45) is 21.0. The highest BCUT2D eigenvalue weighted by Gasteiger charge is 2.41. The molecule has 1 fully saturated rings. The van der Waals surface area contributed by atoms with Gasteiger partial charge in [0, 0.05) is 32.8 Å². The average molecular weight is 900 g/mol. The van der Waals surface area contributed by atoms with E-state index in [2.05, 4.69) is 94.5 Å². The summed E-state index contributed by atoms with van der Waals surface area (Å²) in [5.74, 6) is -0.453. The summed E-state index contributed by atoms with van der Waals surface area (Å²) in [5, 5.41) is 7.20. The van der Waals surface area contributed by atoms with Gasteiger partial charge in [-0.05, 0) is 47.7 Å². The summed E-state index contributed by atoms with van der Waals surface area (Å²) in [6, 6.07) is 43.2. The lowest BCUT2D eigenvalue weighted by molar-refractivity contribution is 0.355. The first-order valence-electron chi connectivity index (χ1n) is 24.9. The molecule has 5 rings (SSSR count). The summed E-state index contributed by atoms with van der Waals surface area (Å²) < 4.78 is 35.7. The van der Waals surface area contributed by atoms with E-state index in [1.54, 1.807) is 34.6 Å². The van der Waals surface area contributed by atoms with Gasteiger partial charge in [-0.25, -0.2) is 13.2 Å². The molecule has 0 aliphatic heterocycles. The summed E-state index contributed by atoms with van der Waals surface area (Å²) in [7, 11) is -6.16. The van der Waals surface area contributed by atoms with Crippen LogP contribution in [0.5, 0.6) is 0 Å². The van der Waals surface area contributed by atoms with Crippen LogP contribution >= 0.6 is 16.1 Å². The second kappa shape index (κ2) is 26.1. The number of halogens is 2. The fourth-order valence-electron chi connectivity index (χ4n) is 10.3. The van der Waals surface area contributed by atoms with Crippen LogP contribution < -0.4 is 31.6 Å². The number of unbranched alkanes of at least 4 members (excludes halogenated alkanes) is 6. The van der Waals surface area contributed by atoms with Gasteiger partial charge < -0.3 is 0 Å². The van der Waals surface area contributed by atoms with E-state index in [1.165, 1.54) is 130 Å². The molecule has 0 heterocycles. The Morgan fingerprint density at radius 1 is 0.443 bits per heavy atom. The first kappa shape index (κ1) is 50.0. The lowest BCUT2D eigenvalue weighted by Crippen LogP contribution is -2.48. The van der Waals surface area contributed by atoms with E-state index in [-0.39, 0.29) is 17.7 Å². The Kier molecular flexibility index (Phi) is 21.4. The molecule has 0 aromatic heterocycles. The van der Waals surface area contributed by atoms with Gasteiger partial charge >= 0.3 is 0 Å². The molecular formula is C54H81F2NP2Si2. The Morgan fingerprint density at radius 3 is 1.08 bits per heavy atom. The molecule has 0 saturated heterocycles. The van der Waals surface area contributed by atoms with Gasteiger partial charge in [0.1, 0.15) is 11.6 Å². The van der Waals surface area contributed by atoms with Crippen LogP contribution in [0.15, 0.2) is 97.1 Å². The third kappa shape index (κ3) is 13.1. The van der Waals surface area contributed by atoms with Crippen molar-refractivity contribution in [2.45, 2.75) is 193 Å². The molecule has 0 atom stereocenters. The second-order valence-electron chi connectivity index (χ2n) is 18.4. The highest BCUT2D eigenvalue weighted by molar-refractivity contribution is 7.84. The van der Waals surface area contributed by atoms with E-state index in [1.807, 2.05) is 24.3 Å². The van der Waals surface area contributed by atoms with E-state index in [0.717, 1.165) is 25.7 Å². The highest BCUT2D eigenvalue weighted by Crippen LogP contribution is 2.58. The van der Waals surface area contributed by atoms with Crippen molar-refractivity contribution >= 4 is 63.9 Å². The fourth-order valence-corrected chi connectivity index (χ4v) is 27.9. The van der Waals surface area contributed by atoms with Gasteiger partial charge in [-0.3, -0.25) is 0 Å². The summed E-state index contributed by atoms with van der Waals surface area (Å²) in [5.41, 5.74) is 0. The van der Waals surface area contributed by atoms with E-state index in [0.29, 0.717) is 10.6 Å². The minimum Gasteiger partial charge on any atom is -0.241 e. The van der Waals surface area contributed by atoms with Crippen molar-refractivity contribution in [1.29, 1.82) is 0 Å². The molecular weight excluding hydrogens is 819 g/mol. The zero-order chi connectivity index (χ0) is 43.5. The Bertz CT molecular complexity index is 1670. The van der Waals surface area contributed by atoms with Gasteiger partial charge in [-0.2, -0.15) is 0 Å². The summed E-state index contributed by atoms with van der Waals surface area (Å²) >= 11 is 0. The van der Waals surface area contributed by atoms with Crippen molar-refractivity contribution in [2.24, 2.45) is 0 Å². The van der Waals surface area contributed by atoms with Crippen LogP contribution in [0.2, 0.25) is 36.3 Å². The molecule has 4 aromatic rings. The molecule has 1 aliphatic carbocycles. The Balaban J connectivity index is 1.77. The van der Waals surface area contributed by atoms with Crippen molar-refractivity contribution < 1.29 is 8.78 Å². The maximum Gasteiger partial charge on any atom is 0.132 e. The molecule has 0 unspecified atom stereocenters. The van der Waals surface area contributed by atoms with E-state index < -0.39 is 32.3 Å². The predicted molar refractivity (Wildman–Crippen MR) is 276 cm³/mol. The van der Waals surface area contributed by atoms with Crippen LogP contribution in [0.4, 0.5) is 8.78 Å². The van der Waals surface area contributed by atoms with Crippen molar-refractivity contribution in [3.05, 3.63) is 109 Å². The maximum atomic E-state index is 16.5. The quantitative estimate of drug-likeness (QED) is 0.0426. The number of benzene rings is 4. The van der Waals surface area contributed by atoms with Crippen LogP contribution in [0, 0.1) is 11.6 Å². The molecule has 0 bridgehead atoms. The zero-order valence-corrected chi connectivity index (χ0v) is 43.0. The van der Waals surface area contributed by atoms with E-state index >= 15 is 8.78 Å². The SMILES string of the molecule is CCCC[Si](CCCC)(CCCC)c1ccc(P(c2ccc([Si](CCCC)(CCCC)CCCC)cc2)N(C2CCCCC2)P(c2ccccc2F)c2ccccc2F)cc1. The molecule has 61 heavy (non-hydrogen) atoms. The minimum absolute atomic E-state index is 0.226. The highest BCUT2D eigenvalue weighted by atomic mass is 31.2. The molecule has 0 radical (unpaired) electrons. The lowest BCUT2D eigenvalue weighted by Gasteiger charge is -2.45. The number of nitrogens with zero attached hydrogens (tertiary/aromatic N) is 1. The fraction of sp³-hybridized carbons (Fsp3) is 0.556. The lowest BCUT2D eigenvalue weighted by atomic mass is 9.96. The first-order chi connectivity index (χ1) is 29.8. The zero-order valence-electron chi connectivity index (χ0n) is 39.2. The summed E-state index contributed by atoms with van der Waals surface area (Å²) in [6.45, 7) is 14.1. The maximum absolute atomic E-state index is 16.5. The van der Waals surface area contributed by atoms with Crippen molar-refractivity contribution in [3.8, 4) is 0 Å². The first-order valence-corrected chi connectivity index (χ1v) is 32.7. The minimum atomic E-state index is -1.73. The topological polar surface area (TPSA) is 3.24 Å². The van der Waals surface area contributed by atoms with E-state index in [9.17, 15) is 0 Å². The van der Waals surface area contributed by atoms with Gasteiger partial charge in [0.25, 0.3) is 0 Å². The van der Waals surface area contributed by atoms with Gasteiger partial charge in [-0.1, -0.05) is 257 Å². The molecule has 0 spiro atoms. The molecule has 0 amide bonds. The third-order valence-electron chi connectivity index (χ3n) is 14.0. The van der Waals surface area contributed by atoms with Crippen LogP contribution in [0.1, 0.15) is 151 Å². The number of hydrogen-bond donors (Lipinski definition) is 0. The standard InChI is InChI=1S/C54H81F2NP2Si2/c1-7-13-40-60(41-14-8-2,42-15-9-3)49-36-32-47(33-37-49)58(48-34-38-50(39-35-48)61(43-16-10-4,44-17-11-5)45-18-12-6)57(46-26-20-19-21-27-46)59(53-30-24-22-28-51(53)55)54-31-25-23-29-52(54)56/h22-25,28-39,46H,7-21,26-27,40-45H2,1-6H3. The Morgan fingerprint density at radius 2 is 0.770 bits per heavy atom. The van der Waals surface area contributed by atoms with Crippen molar-refractivity contribution in [1.82, 2.24) is 4.44 Å². The van der Waals surface area contributed by atoms with Gasteiger partial charge in [-0.15, -0.1) is 0 Å². The molecule has 4 aromatic carbocycles. The number of rotatable bonds is 27. The smallest absolute Gasteiger partial charge is 0.132 e. The largest absolute Gasteiger partial charge is 0.241 e. The Hall–Kier alpha value is -2.01. The normalized spacial score (nSPS) is 14.1. The second-order valence-corrected chi connectivity index (χ2v) is 32.1. The molecule has 7 heteroatoms. The van der Waals surface area contributed by atoms with E-state index in [4.69, 9.17) is 0 Å². The predicted octanol–water partition coefficient (Wildman–Crippen LogP) is 15.1. The molecule has 0 N–H and O–H groups in total. The molecule has 1 aliphatic rings. The molecule has 1 nitrogen and oxygen atoms in total. The van der Waals surface area contributed by atoms with Gasteiger partial charge in [0.2, 0.25) is 0 Å². The van der Waals surface area contributed by atoms with Crippen molar-refractivity contribution in [2.75, 3.05) is 0 Å². The van der Waals surface area contributed by atoms with Gasteiger partial charge in [0.05, 0.1) is 16.1 Å². The third-order valence-corrected chi connectivity index (χ3v) is 30.7. The van der Waals surface area contributed by atoms with Crippen LogP contribution in [0.25, 0.3) is 0 Å². The van der Waals surface area contributed by atoms with Gasteiger partial charge in [0.15, 0.2) is 0 Å². The van der Waals surface area contributed by atoms with Crippen molar-refractivity contribution in [3.63, 3.8) is 0 Å². The summed E-state index contributed by atoms with van der Waals surface area (Å²) in [4.78, 5) is 0. The molecule has 1 saturated carbocycles.